The monoisotopic (exact) mass is 328 g/mol. The number of hydroxylamine groups is 1. The minimum Gasteiger partial charge on any atom is -0.623 e. The van der Waals surface area contributed by atoms with Crippen LogP contribution in [0.15, 0.2) is 40.9 Å². The molecule has 2 aromatic rings. The van der Waals surface area contributed by atoms with Crippen LogP contribution in [0.25, 0.3) is 0 Å². The molecule has 104 valence electrons. The van der Waals surface area contributed by atoms with Crippen LogP contribution in [0.5, 0.6) is 0 Å². The fourth-order valence-electron chi connectivity index (χ4n) is 1.56. The van der Waals surface area contributed by atoms with Gasteiger partial charge in [-0.25, -0.2) is 4.74 Å². The molecular weight excluding hydrogens is 319 g/mol. The Labute approximate surface area is 129 Å². The summed E-state index contributed by atoms with van der Waals surface area (Å²) in [5.41, 5.74) is 0.853. The molecule has 0 spiro atoms. The summed E-state index contributed by atoms with van der Waals surface area (Å²) in [6.07, 6.45) is 1.33. The van der Waals surface area contributed by atoms with E-state index in [1.165, 1.54) is 17.6 Å². The van der Waals surface area contributed by atoms with Crippen LogP contribution in [0.1, 0.15) is 10.4 Å². The summed E-state index contributed by atoms with van der Waals surface area (Å²) in [5, 5.41) is 26.8. The highest BCUT2D eigenvalue weighted by Gasteiger charge is 2.11. The fraction of sp³-hybridized carbons (Fsp3) is 0.0769. The normalized spacial score (nSPS) is 12.7. The maximum Gasteiger partial charge on any atom is 0.200 e. The van der Waals surface area contributed by atoms with Gasteiger partial charge in [-0.2, -0.15) is 0 Å². The van der Waals surface area contributed by atoms with Crippen molar-refractivity contribution < 1.29 is 9.95 Å². The minimum absolute atomic E-state index is 0.0734. The van der Waals surface area contributed by atoms with Crippen molar-refractivity contribution in [3.8, 4) is 0 Å². The Morgan fingerprint density at radius 1 is 1.40 bits per heavy atom. The quantitative estimate of drug-likeness (QED) is 0.304. The molecule has 0 unspecified atom stereocenters. The third kappa shape index (κ3) is 3.72. The number of oxime groups is 1. The number of hydrogen-bond donors (Lipinski definition) is 1. The molecular formula is C13H10Cl2N2O2S. The molecule has 0 saturated heterocycles. The molecule has 1 N–H and O–H groups in total. The average Bonchev–Trinajstić information content (AvgIpc) is 2.93. The van der Waals surface area contributed by atoms with Gasteiger partial charge < -0.3 is 10.4 Å². The summed E-state index contributed by atoms with van der Waals surface area (Å²) < 4.78 is 0.657. The summed E-state index contributed by atoms with van der Waals surface area (Å²) in [4.78, 5) is 0.740. The van der Waals surface area contributed by atoms with E-state index in [0.29, 0.717) is 26.1 Å². The van der Waals surface area contributed by atoms with E-state index in [9.17, 15) is 5.21 Å². The molecule has 0 bridgehead atoms. The molecule has 1 aromatic carbocycles. The third-order valence-corrected chi connectivity index (χ3v) is 3.96. The summed E-state index contributed by atoms with van der Waals surface area (Å²) in [5.74, 6) is 0. The van der Waals surface area contributed by atoms with Crippen molar-refractivity contribution >= 4 is 46.5 Å². The summed E-state index contributed by atoms with van der Waals surface area (Å²) >= 11 is 13.2. The maximum absolute atomic E-state index is 11.9. The van der Waals surface area contributed by atoms with E-state index in [2.05, 4.69) is 5.16 Å². The van der Waals surface area contributed by atoms with Crippen molar-refractivity contribution in [1.82, 2.24) is 0 Å². The first-order valence-electron chi connectivity index (χ1n) is 5.58. The van der Waals surface area contributed by atoms with Crippen molar-refractivity contribution in [3.05, 3.63) is 61.4 Å². The average molecular weight is 329 g/mol. The zero-order valence-electron chi connectivity index (χ0n) is 10.2. The summed E-state index contributed by atoms with van der Waals surface area (Å²) in [6, 6.07) is 8.45. The summed E-state index contributed by atoms with van der Waals surface area (Å²) in [6.45, 7) is -0.0734. The first-order chi connectivity index (χ1) is 9.60. The first-order valence-corrected chi connectivity index (χ1v) is 7.22. The van der Waals surface area contributed by atoms with Gasteiger partial charge in [-0.1, -0.05) is 34.4 Å². The lowest BCUT2D eigenvalue weighted by atomic mass is 10.2. The lowest BCUT2D eigenvalue weighted by Crippen LogP contribution is -2.17. The highest BCUT2D eigenvalue weighted by molar-refractivity contribution is 7.12. The van der Waals surface area contributed by atoms with Gasteiger partial charge in [-0.05, 0) is 29.6 Å². The molecule has 0 amide bonds. The highest BCUT2D eigenvalue weighted by atomic mass is 35.5. The lowest BCUT2D eigenvalue weighted by Gasteiger charge is -2.05. The van der Waals surface area contributed by atoms with Crippen molar-refractivity contribution in [3.63, 3.8) is 0 Å². The molecule has 0 atom stereocenters. The smallest absolute Gasteiger partial charge is 0.200 e. The van der Waals surface area contributed by atoms with Crippen LogP contribution < -0.4 is 0 Å². The largest absolute Gasteiger partial charge is 0.623 e. The van der Waals surface area contributed by atoms with E-state index in [1.54, 1.807) is 24.3 Å². The molecule has 0 fully saturated rings. The van der Waals surface area contributed by atoms with E-state index in [0.717, 1.165) is 4.88 Å². The highest BCUT2D eigenvalue weighted by Crippen LogP contribution is 2.19. The number of nitrogens with zero attached hydrogens (tertiary/aromatic N) is 2. The van der Waals surface area contributed by atoms with Gasteiger partial charge in [-0.15, -0.1) is 11.3 Å². The number of halogens is 2. The molecule has 0 aliphatic carbocycles. The van der Waals surface area contributed by atoms with Crippen molar-refractivity contribution in [2.75, 3.05) is 6.54 Å². The Kier molecular flexibility index (Phi) is 5.00. The number of hydrogen-bond acceptors (Lipinski definition) is 4. The topological polar surface area (TPSA) is 58.7 Å². The van der Waals surface area contributed by atoms with E-state index >= 15 is 0 Å². The maximum atomic E-state index is 11.9. The molecule has 0 aliphatic rings. The molecule has 1 heterocycles. The number of benzene rings is 1. The van der Waals surface area contributed by atoms with Crippen LogP contribution in [0.4, 0.5) is 0 Å². The molecule has 1 aromatic heterocycles. The van der Waals surface area contributed by atoms with E-state index < -0.39 is 0 Å². The zero-order chi connectivity index (χ0) is 14.5. The standard InChI is InChI=1S/C13H10Cl2N2O2S/c14-10-4-3-9(11(15)6-10)7-17(19)8-12(16-18)13-2-1-5-20-13/h1-7,18H,8H2/b16-12-,17-7-. The Morgan fingerprint density at radius 2 is 2.20 bits per heavy atom. The van der Waals surface area contributed by atoms with Crippen LogP contribution in [-0.4, -0.2) is 28.4 Å². The first kappa shape index (κ1) is 14.8. The number of rotatable bonds is 4. The van der Waals surface area contributed by atoms with Crippen LogP contribution in [0, 0.1) is 5.21 Å². The SMILES string of the molecule is [O-]/[N+](=C\c1ccc(Cl)cc1Cl)C/C(=N/O)c1cccs1. The van der Waals surface area contributed by atoms with E-state index in [-0.39, 0.29) is 6.54 Å². The van der Waals surface area contributed by atoms with Crippen molar-refractivity contribution in [1.29, 1.82) is 0 Å². The van der Waals surface area contributed by atoms with Crippen LogP contribution in [0.3, 0.4) is 0 Å². The Morgan fingerprint density at radius 3 is 2.80 bits per heavy atom. The fourth-order valence-corrected chi connectivity index (χ4v) is 2.72. The predicted molar refractivity (Wildman–Crippen MR) is 82.8 cm³/mol. The summed E-state index contributed by atoms with van der Waals surface area (Å²) in [7, 11) is 0. The van der Waals surface area contributed by atoms with Gasteiger partial charge in [0.05, 0.1) is 15.5 Å². The molecule has 20 heavy (non-hydrogen) atoms. The third-order valence-electron chi connectivity index (χ3n) is 2.48. The van der Waals surface area contributed by atoms with Crippen LogP contribution in [0.2, 0.25) is 10.0 Å². The van der Waals surface area contributed by atoms with Crippen LogP contribution >= 0.6 is 34.5 Å². The molecule has 0 radical (unpaired) electrons. The molecule has 7 heteroatoms. The second-order valence-corrected chi connectivity index (χ2v) is 5.69. The number of thiophene rings is 1. The predicted octanol–water partition coefficient (Wildman–Crippen LogP) is 3.86. The van der Waals surface area contributed by atoms with Gasteiger partial charge in [0.2, 0.25) is 0 Å². The van der Waals surface area contributed by atoms with Gasteiger partial charge >= 0.3 is 0 Å². The van der Waals surface area contributed by atoms with E-state index in [4.69, 9.17) is 28.4 Å². The second kappa shape index (κ2) is 6.74. The van der Waals surface area contributed by atoms with Crippen molar-refractivity contribution in [2.45, 2.75) is 0 Å². The molecule has 4 nitrogen and oxygen atoms in total. The Hall–Kier alpha value is -1.56. The molecule has 0 aliphatic heterocycles. The minimum atomic E-state index is -0.0734. The van der Waals surface area contributed by atoms with Crippen LogP contribution in [-0.2, 0) is 0 Å². The molecule has 0 saturated carbocycles. The van der Waals surface area contributed by atoms with E-state index in [1.807, 2.05) is 11.4 Å². The van der Waals surface area contributed by atoms with Gasteiger partial charge in [0.15, 0.2) is 18.5 Å². The van der Waals surface area contributed by atoms with Gasteiger partial charge in [0, 0.05) is 5.02 Å². The zero-order valence-corrected chi connectivity index (χ0v) is 12.5. The van der Waals surface area contributed by atoms with Gasteiger partial charge in [0.25, 0.3) is 0 Å². The lowest BCUT2D eigenvalue weighted by molar-refractivity contribution is -0.434. The Bertz CT molecular complexity index is 654. The molecule has 2 rings (SSSR count). The van der Waals surface area contributed by atoms with Gasteiger partial charge in [-0.3, -0.25) is 0 Å². The Balaban J connectivity index is 2.19. The second-order valence-electron chi connectivity index (χ2n) is 3.89. The van der Waals surface area contributed by atoms with Gasteiger partial charge in [0.1, 0.15) is 0 Å². The van der Waals surface area contributed by atoms with Crippen molar-refractivity contribution in [2.24, 2.45) is 5.16 Å².